The highest BCUT2D eigenvalue weighted by Crippen LogP contribution is 2.27. The van der Waals surface area contributed by atoms with Crippen molar-refractivity contribution in [3.63, 3.8) is 0 Å². The van der Waals surface area contributed by atoms with Crippen molar-refractivity contribution in [2.75, 3.05) is 0 Å². The minimum Gasteiger partial charge on any atom is -0.489 e. The molecule has 0 spiro atoms. The van der Waals surface area contributed by atoms with Crippen LogP contribution in [0.3, 0.4) is 0 Å². The maximum Gasteiger partial charge on any atom is 0.282 e. The first-order chi connectivity index (χ1) is 21.0. The lowest BCUT2D eigenvalue weighted by Gasteiger charge is -2.11. The number of benzene rings is 4. The fourth-order valence-corrected chi connectivity index (χ4v) is 5.35. The van der Waals surface area contributed by atoms with E-state index >= 15 is 0 Å². The Kier molecular flexibility index (Phi) is 6.68. The first-order valence-electron chi connectivity index (χ1n) is 14.1. The van der Waals surface area contributed by atoms with Gasteiger partial charge in [-0.3, -0.25) is 4.79 Å². The number of rotatable bonds is 7. The predicted molar refractivity (Wildman–Crippen MR) is 170 cm³/mol. The van der Waals surface area contributed by atoms with Crippen molar-refractivity contribution >= 4 is 28.1 Å². The van der Waals surface area contributed by atoms with Crippen molar-refractivity contribution < 1.29 is 9.15 Å². The average molecular weight is 565 g/mol. The zero-order chi connectivity index (χ0) is 29.3. The predicted octanol–water partition coefficient (Wildman–Crippen LogP) is 7.68. The highest BCUT2D eigenvalue weighted by atomic mass is 16.5. The van der Waals surface area contributed by atoms with Gasteiger partial charge in [-0.05, 0) is 74.0 Å². The van der Waals surface area contributed by atoms with Gasteiger partial charge in [0.1, 0.15) is 17.9 Å². The molecule has 0 aliphatic rings. The molecule has 0 aliphatic heterocycles. The zero-order valence-corrected chi connectivity index (χ0v) is 23.8. The smallest absolute Gasteiger partial charge is 0.282 e. The van der Waals surface area contributed by atoms with Crippen molar-refractivity contribution in [1.29, 1.82) is 0 Å². The van der Waals surface area contributed by atoms with Gasteiger partial charge in [0.15, 0.2) is 5.76 Å². The number of furan rings is 1. The van der Waals surface area contributed by atoms with Crippen LogP contribution in [-0.4, -0.2) is 20.4 Å². The van der Waals surface area contributed by atoms with Gasteiger partial charge in [-0.15, -0.1) is 0 Å². The molecule has 0 unspecified atom stereocenters. The molecule has 43 heavy (non-hydrogen) atoms. The quantitative estimate of drug-likeness (QED) is 0.186. The highest BCUT2D eigenvalue weighted by Gasteiger charge is 2.17. The molecule has 7 rings (SSSR count). The second kappa shape index (κ2) is 10.9. The number of aryl methyl sites for hydroxylation is 1. The van der Waals surface area contributed by atoms with E-state index in [0.29, 0.717) is 29.1 Å². The molecule has 0 radical (unpaired) electrons. The molecule has 7 nitrogen and oxygen atoms in total. The minimum atomic E-state index is -0.266. The van der Waals surface area contributed by atoms with Crippen molar-refractivity contribution in [1.82, 2.24) is 14.2 Å². The molecule has 0 N–H and O–H groups in total. The lowest BCUT2D eigenvalue weighted by molar-refractivity contribution is 0.306. The van der Waals surface area contributed by atoms with Crippen LogP contribution in [0.4, 0.5) is 0 Å². The van der Waals surface area contributed by atoms with Crippen LogP contribution in [0, 0.1) is 13.8 Å². The fourth-order valence-electron chi connectivity index (χ4n) is 5.35. The summed E-state index contributed by atoms with van der Waals surface area (Å²) in [5, 5.41) is 6.08. The van der Waals surface area contributed by atoms with E-state index in [4.69, 9.17) is 14.1 Å². The fraction of sp³-hybridized carbons (Fsp3) is 0.0833. The van der Waals surface area contributed by atoms with Gasteiger partial charge in [0.25, 0.3) is 5.56 Å². The summed E-state index contributed by atoms with van der Waals surface area (Å²) in [6.07, 6.45) is 1.71. The number of nitrogens with zero attached hydrogens (tertiary/aromatic N) is 4. The molecular weight excluding hydrogens is 536 g/mol. The van der Waals surface area contributed by atoms with Gasteiger partial charge in [0.2, 0.25) is 5.82 Å². The molecule has 0 bridgehead atoms. The third-order valence-electron chi connectivity index (χ3n) is 7.53. The van der Waals surface area contributed by atoms with Crippen molar-refractivity contribution in [3.05, 3.63) is 148 Å². The maximum atomic E-state index is 13.7. The van der Waals surface area contributed by atoms with Crippen LogP contribution in [0.15, 0.2) is 130 Å². The van der Waals surface area contributed by atoms with E-state index in [0.717, 1.165) is 44.9 Å². The number of hydrogen-bond donors (Lipinski definition) is 0. The molecule has 0 saturated heterocycles. The first kappa shape index (κ1) is 26.2. The molecule has 3 heterocycles. The molecule has 4 aromatic carbocycles. The van der Waals surface area contributed by atoms with Crippen LogP contribution in [0.5, 0.6) is 5.75 Å². The number of hydrogen-bond acceptors (Lipinski definition) is 5. The molecular formula is C36H28N4O3. The molecule has 0 amide bonds. The third-order valence-corrected chi connectivity index (χ3v) is 7.53. The Morgan fingerprint density at radius 1 is 0.860 bits per heavy atom. The Bertz CT molecular complexity index is 2140. The Labute approximate surface area is 247 Å². The van der Waals surface area contributed by atoms with Gasteiger partial charge in [0, 0.05) is 28.0 Å². The number of fused-ring (bicyclic) bond motifs is 2. The Morgan fingerprint density at radius 3 is 2.42 bits per heavy atom. The van der Waals surface area contributed by atoms with E-state index in [1.54, 1.807) is 12.3 Å². The van der Waals surface area contributed by atoms with Crippen LogP contribution in [0.1, 0.15) is 22.5 Å². The zero-order valence-electron chi connectivity index (χ0n) is 23.8. The molecule has 7 aromatic rings. The lowest BCUT2D eigenvalue weighted by atomic mass is 10.2. The second-order valence-corrected chi connectivity index (χ2v) is 10.4. The number of para-hydroxylation sites is 2. The normalized spacial score (nSPS) is 11.6. The Hall–Kier alpha value is -5.69. The molecule has 0 atom stereocenters. The van der Waals surface area contributed by atoms with Crippen molar-refractivity contribution in [2.45, 2.75) is 20.5 Å². The van der Waals surface area contributed by atoms with E-state index < -0.39 is 0 Å². The van der Waals surface area contributed by atoms with Gasteiger partial charge in [-0.25, -0.2) is 4.98 Å². The Balaban J connectivity index is 1.23. The molecule has 7 heteroatoms. The molecule has 3 aromatic heterocycles. The Morgan fingerprint density at radius 2 is 1.60 bits per heavy atom. The summed E-state index contributed by atoms with van der Waals surface area (Å²) in [5.74, 6) is 1.62. The summed E-state index contributed by atoms with van der Waals surface area (Å²) >= 11 is 0. The number of aromatic nitrogens is 3. The topological polar surface area (TPSA) is 74.5 Å². The second-order valence-electron chi connectivity index (χ2n) is 10.4. The molecule has 0 fully saturated rings. The van der Waals surface area contributed by atoms with Gasteiger partial charge >= 0.3 is 0 Å². The molecule has 210 valence electrons. The van der Waals surface area contributed by atoms with Gasteiger partial charge < -0.3 is 13.7 Å². The van der Waals surface area contributed by atoms with Crippen molar-refractivity contribution in [3.8, 4) is 23.0 Å². The standard InChI is InChI=1S/C36H28N4O3/c1-24-20-28(25(2)39(24)29-16-18-30(19-17-29)42-23-26-10-4-3-5-11-26)22-37-40-35(34-21-27-12-6-9-15-33(27)43-34)38-32-14-8-7-13-31(32)36(40)41/h3-22H,23H2,1-2H3. The van der Waals surface area contributed by atoms with E-state index in [1.165, 1.54) is 4.68 Å². The van der Waals surface area contributed by atoms with E-state index in [1.807, 2.05) is 117 Å². The summed E-state index contributed by atoms with van der Waals surface area (Å²) in [6, 6.07) is 37.1. The minimum absolute atomic E-state index is 0.266. The van der Waals surface area contributed by atoms with Crippen molar-refractivity contribution in [2.24, 2.45) is 5.10 Å². The van der Waals surface area contributed by atoms with Crippen LogP contribution in [-0.2, 0) is 6.61 Å². The lowest BCUT2D eigenvalue weighted by Crippen LogP contribution is -2.20. The highest BCUT2D eigenvalue weighted by molar-refractivity contribution is 5.85. The SMILES string of the molecule is Cc1cc(C=Nn2c(-c3cc4ccccc4o3)nc3ccccc3c2=O)c(C)n1-c1ccc(OCc2ccccc2)cc1. The van der Waals surface area contributed by atoms with Gasteiger partial charge in [-0.2, -0.15) is 9.78 Å². The monoisotopic (exact) mass is 564 g/mol. The first-order valence-corrected chi connectivity index (χ1v) is 14.1. The van der Waals surface area contributed by atoms with Crippen LogP contribution < -0.4 is 10.3 Å². The van der Waals surface area contributed by atoms with Crippen LogP contribution in [0.25, 0.3) is 39.1 Å². The van der Waals surface area contributed by atoms with Gasteiger partial charge in [-0.1, -0.05) is 60.7 Å². The van der Waals surface area contributed by atoms with Crippen LogP contribution >= 0.6 is 0 Å². The maximum absolute atomic E-state index is 13.7. The van der Waals surface area contributed by atoms with Gasteiger partial charge in [0.05, 0.1) is 17.1 Å². The number of ether oxygens (including phenoxy) is 1. The van der Waals surface area contributed by atoms with E-state index in [2.05, 4.69) is 15.7 Å². The van der Waals surface area contributed by atoms with Crippen LogP contribution in [0.2, 0.25) is 0 Å². The summed E-state index contributed by atoms with van der Waals surface area (Å²) < 4.78 is 15.5. The average Bonchev–Trinajstić information content (AvgIpc) is 3.60. The summed E-state index contributed by atoms with van der Waals surface area (Å²) in [5.41, 5.74) is 6.09. The molecule has 0 saturated carbocycles. The summed E-state index contributed by atoms with van der Waals surface area (Å²) in [4.78, 5) is 18.5. The molecule has 0 aliphatic carbocycles. The summed E-state index contributed by atoms with van der Waals surface area (Å²) in [7, 11) is 0. The van der Waals surface area contributed by atoms with E-state index in [9.17, 15) is 4.79 Å². The van der Waals surface area contributed by atoms with E-state index in [-0.39, 0.29) is 5.56 Å². The summed E-state index contributed by atoms with van der Waals surface area (Å²) in [6.45, 7) is 4.60. The largest absolute Gasteiger partial charge is 0.489 e. The third kappa shape index (κ3) is 5.02.